The number of hydrogen-bond donors (Lipinski definition) is 1. The second-order valence-electron chi connectivity index (χ2n) is 4.82. The van der Waals surface area contributed by atoms with Crippen LogP contribution in [0.3, 0.4) is 0 Å². The first-order valence-electron chi connectivity index (χ1n) is 6.16. The van der Waals surface area contributed by atoms with E-state index in [0.29, 0.717) is 17.4 Å². The lowest BCUT2D eigenvalue weighted by Gasteiger charge is -2.28. The Balaban J connectivity index is 2.54. The highest BCUT2D eigenvalue weighted by Crippen LogP contribution is 2.19. The standard InChI is InChI=1S/C14H22N2O2/c1-10(2)11(3)16(4)14(17)9-18-13-8-6-5-7-12(13)15/h5-8,10-11H,9,15H2,1-4H3. The molecular formula is C14H22N2O2. The van der Waals surface area contributed by atoms with E-state index in [1.807, 2.05) is 19.1 Å². The van der Waals surface area contributed by atoms with Crippen LogP contribution in [0.25, 0.3) is 0 Å². The first-order chi connectivity index (χ1) is 8.43. The molecule has 0 saturated carbocycles. The smallest absolute Gasteiger partial charge is 0.260 e. The number of para-hydroxylation sites is 2. The Morgan fingerprint density at radius 1 is 1.33 bits per heavy atom. The van der Waals surface area contributed by atoms with Gasteiger partial charge >= 0.3 is 0 Å². The number of carbonyl (C=O) groups is 1. The summed E-state index contributed by atoms with van der Waals surface area (Å²) in [5.41, 5.74) is 6.29. The number of benzene rings is 1. The summed E-state index contributed by atoms with van der Waals surface area (Å²) >= 11 is 0. The average Bonchev–Trinajstić information content (AvgIpc) is 2.35. The third kappa shape index (κ3) is 3.65. The van der Waals surface area contributed by atoms with E-state index in [1.54, 1.807) is 24.1 Å². The highest BCUT2D eigenvalue weighted by molar-refractivity contribution is 5.78. The maximum Gasteiger partial charge on any atom is 0.260 e. The maximum absolute atomic E-state index is 11.9. The molecule has 18 heavy (non-hydrogen) atoms. The van der Waals surface area contributed by atoms with E-state index < -0.39 is 0 Å². The summed E-state index contributed by atoms with van der Waals surface area (Å²) in [6, 6.07) is 7.36. The molecule has 1 atom stereocenters. The number of nitrogens with two attached hydrogens (primary N) is 1. The van der Waals surface area contributed by atoms with Gasteiger partial charge in [0.05, 0.1) is 5.69 Å². The fourth-order valence-electron chi connectivity index (χ4n) is 1.53. The number of rotatable bonds is 5. The van der Waals surface area contributed by atoms with Gasteiger partial charge in [-0.25, -0.2) is 0 Å². The molecule has 0 aromatic heterocycles. The Labute approximate surface area is 109 Å². The van der Waals surface area contributed by atoms with Crippen molar-refractivity contribution in [3.8, 4) is 5.75 Å². The fourth-order valence-corrected chi connectivity index (χ4v) is 1.53. The molecule has 1 unspecified atom stereocenters. The number of amides is 1. The fraction of sp³-hybridized carbons (Fsp3) is 0.500. The Morgan fingerprint density at radius 2 is 1.94 bits per heavy atom. The molecule has 100 valence electrons. The van der Waals surface area contributed by atoms with Crippen LogP contribution in [-0.4, -0.2) is 30.5 Å². The van der Waals surface area contributed by atoms with Gasteiger partial charge in [-0.05, 0) is 25.0 Å². The zero-order chi connectivity index (χ0) is 13.7. The monoisotopic (exact) mass is 250 g/mol. The van der Waals surface area contributed by atoms with Crippen molar-refractivity contribution in [3.05, 3.63) is 24.3 Å². The van der Waals surface area contributed by atoms with Crippen LogP contribution in [0.1, 0.15) is 20.8 Å². The Morgan fingerprint density at radius 3 is 2.50 bits per heavy atom. The minimum atomic E-state index is -0.0422. The number of anilines is 1. The molecule has 1 aromatic rings. The van der Waals surface area contributed by atoms with E-state index in [9.17, 15) is 4.79 Å². The molecule has 0 aliphatic rings. The van der Waals surface area contributed by atoms with Gasteiger partial charge in [0.15, 0.2) is 6.61 Å². The molecule has 1 rings (SSSR count). The third-order valence-corrected chi connectivity index (χ3v) is 3.24. The number of ether oxygens (including phenoxy) is 1. The average molecular weight is 250 g/mol. The van der Waals surface area contributed by atoms with E-state index in [-0.39, 0.29) is 18.6 Å². The van der Waals surface area contributed by atoms with Gasteiger partial charge in [-0.3, -0.25) is 4.79 Å². The van der Waals surface area contributed by atoms with Crippen molar-refractivity contribution in [2.75, 3.05) is 19.4 Å². The van der Waals surface area contributed by atoms with E-state index in [4.69, 9.17) is 10.5 Å². The highest BCUT2D eigenvalue weighted by atomic mass is 16.5. The molecule has 2 N–H and O–H groups in total. The summed E-state index contributed by atoms with van der Waals surface area (Å²) in [6.45, 7) is 6.22. The molecule has 0 radical (unpaired) electrons. The van der Waals surface area contributed by atoms with Crippen molar-refractivity contribution in [2.45, 2.75) is 26.8 Å². The summed E-state index contributed by atoms with van der Waals surface area (Å²) in [5, 5.41) is 0. The van der Waals surface area contributed by atoms with Gasteiger partial charge in [-0.15, -0.1) is 0 Å². The van der Waals surface area contributed by atoms with Gasteiger partial charge in [-0.2, -0.15) is 0 Å². The molecule has 1 aromatic carbocycles. The van der Waals surface area contributed by atoms with Crippen LogP contribution in [0.5, 0.6) is 5.75 Å². The third-order valence-electron chi connectivity index (χ3n) is 3.24. The predicted molar refractivity (Wildman–Crippen MR) is 73.4 cm³/mol. The van der Waals surface area contributed by atoms with Gasteiger partial charge in [-0.1, -0.05) is 26.0 Å². The highest BCUT2D eigenvalue weighted by Gasteiger charge is 2.18. The van der Waals surface area contributed by atoms with E-state index in [2.05, 4.69) is 13.8 Å². The maximum atomic E-state index is 11.9. The first kappa shape index (κ1) is 14.4. The summed E-state index contributed by atoms with van der Waals surface area (Å²) in [7, 11) is 1.80. The van der Waals surface area contributed by atoms with Crippen LogP contribution in [0.4, 0.5) is 5.69 Å². The minimum Gasteiger partial charge on any atom is -0.482 e. The number of nitrogens with zero attached hydrogens (tertiary/aromatic N) is 1. The van der Waals surface area contributed by atoms with Crippen molar-refractivity contribution < 1.29 is 9.53 Å². The predicted octanol–water partition coefficient (Wildman–Crippen LogP) is 2.15. The molecular weight excluding hydrogens is 228 g/mol. The largest absolute Gasteiger partial charge is 0.482 e. The zero-order valence-electron chi connectivity index (χ0n) is 11.5. The molecule has 0 spiro atoms. The Hall–Kier alpha value is -1.71. The molecule has 0 heterocycles. The van der Waals surface area contributed by atoms with Gasteiger partial charge in [0, 0.05) is 13.1 Å². The van der Waals surface area contributed by atoms with E-state index in [0.717, 1.165) is 0 Å². The number of carbonyl (C=O) groups excluding carboxylic acids is 1. The summed E-state index contributed by atoms with van der Waals surface area (Å²) < 4.78 is 5.43. The van der Waals surface area contributed by atoms with Gasteiger partial charge in [0.1, 0.15) is 5.75 Å². The molecule has 1 amide bonds. The van der Waals surface area contributed by atoms with E-state index in [1.165, 1.54) is 0 Å². The summed E-state index contributed by atoms with van der Waals surface area (Å²) in [4.78, 5) is 13.6. The molecule has 0 aliphatic carbocycles. The van der Waals surface area contributed by atoms with Crippen molar-refractivity contribution in [3.63, 3.8) is 0 Å². The lowest BCUT2D eigenvalue weighted by molar-refractivity contribution is -0.134. The number of hydrogen-bond acceptors (Lipinski definition) is 3. The van der Waals surface area contributed by atoms with Crippen LogP contribution in [0, 0.1) is 5.92 Å². The van der Waals surface area contributed by atoms with E-state index >= 15 is 0 Å². The van der Waals surface area contributed by atoms with Crippen molar-refractivity contribution >= 4 is 11.6 Å². The van der Waals surface area contributed by atoms with Crippen LogP contribution in [0.15, 0.2) is 24.3 Å². The molecule has 0 aliphatic heterocycles. The van der Waals surface area contributed by atoms with Crippen molar-refractivity contribution in [1.29, 1.82) is 0 Å². The zero-order valence-corrected chi connectivity index (χ0v) is 11.5. The van der Waals surface area contributed by atoms with Crippen LogP contribution >= 0.6 is 0 Å². The Bertz CT molecular complexity index is 405. The van der Waals surface area contributed by atoms with Gasteiger partial charge in [0.25, 0.3) is 5.91 Å². The van der Waals surface area contributed by atoms with Crippen molar-refractivity contribution in [2.24, 2.45) is 5.92 Å². The second-order valence-corrected chi connectivity index (χ2v) is 4.82. The molecule has 4 heteroatoms. The molecule has 0 fully saturated rings. The lowest BCUT2D eigenvalue weighted by Crippen LogP contribution is -2.40. The molecule has 0 bridgehead atoms. The Kier molecular flexibility index (Phi) is 5.01. The van der Waals surface area contributed by atoms with Crippen LogP contribution in [-0.2, 0) is 4.79 Å². The van der Waals surface area contributed by atoms with Crippen molar-refractivity contribution in [1.82, 2.24) is 4.90 Å². The summed E-state index contributed by atoms with van der Waals surface area (Å²) in [6.07, 6.45) is 0. The topological polar surface area (TPSA) is 55.6 Å². The second kappa shape index (κ2) is 6.28. The SMILES string of the molecule is CC(C)C(C)N(C)C(=O)COc1ccccc1N. The van der Waals surface area contributed by atoms with Crippen LogP contribution in [0.2, 0.25) is 0 Å². The lowest BCUT2D eigenvalue weighted by atomic mass is 10.1. The quantitative estimate of drug-likeness (QED) is 0.815. The van der Waals surface area contributed by atoms with Gasteiger partial charge < -0.3 is 15.4 Å². The number of likely N-dealkylation sites (N-methyl/N-ethyl adjacent to an activating group) is 1. The number of nitrogen functional groups attached to an aromatic ring is 1. The first-order valence-corrected chi connectivity index (χ1v) is 6.16. The minimum absolute atomic E-state index is 0.0156. The molecule has 4 nitrogen and oxygen atoms in total. The van der Waals surface area contributed by atoms with Gasteiger partial charge in [0.2, 0.25) is 0 Å². The molecule has 0 saturated heterocycles. The normalized spacial score (nSPS) is 12.3. The van der Waals surface area contributed by atoms with Crippen LogP contribution < -0.4 is 10.5 Å². The summed E-state index contributed by atoms with van der Waals surface area (Å²) in [5.74, 6) is 0.927.